The van der Waals surface area contributed by atoms with E-state index in [1.807, 2.05) is 37.3 Å². The smallest absolute Gasteiger partial charge is 0.256 e. The van der Waals surface area contributed by atoms with E-state index >= 15 is 0 Å². The van der Waals surface area contributed by atoms with Crippen LogP contribution in [-0.4, -0.2) is 15.8 Å². The quantitative estimate of drug-likeness (QED) is 0.839. The standard InChI is InChI=1S/C15H13ClN2O/c1-10(11-5-2-3-7-13(11)16)18-9-14-12(15(18)19)6-4-8-17-14/h2-8,10H,9H2,1H3. The lowest BCUT2D eigenvalue weighted by atomic mass is 10.1. The maximum atomic E-state index is 12.4. The molecule has 0 saturated heterocycles. The van der Waals surface area contributed by atoms with Gasteiger partial charge in [-0.2, -0.15) is 0 Å². The Hall–Kier alpha value is -1.87. The second kappa shape index (κ2) is 4.67. The molecular formula is C15H13ClN2O. The van der Waals surface area contributed by atoms with Gasteiger partial charge in [0.1, 0.15) is 0 Å². The largest absolute Gasteiger partial charge is 0.326 e. The fourth-order valence-electron chi connectivity index (χ4n) is 2.44. The second-order valence-corrected chi connectivity index (χ2v) is 5.04. The van der Waals surface area contributed by atoms with E-state index < -0.39 is 0 Å². The zero-order chi connectivity index (χ0) is 13.4. The van der Waals surface area contributed by atoms with E-state index in [0.29, 0.717) is 17.1 Å². The summed E-state index contributed by atoms with van der Waals surface area (Å²) in [6.45, 7) is 2.53. The molecular weight excluding hydrogens is 260 g/mol. The summed E-state index contributed by atoms with van der Waals surface area (Å²) in [7, 11) is 0. The van der Waals surface area contributed by atoms with Gasteiger partial charge in [0.25, 0.3) is 5.91 Å². The first-order valence-electron chi connectivity index (χ1n) is 6.18. The van der Waals surface area contributed by atoms with Crippen molar-refractivity contribution in [2.75, 3.05) is 0 Å². The molecule has 0 radical (unpaired) electrons. The highest BCUT2D eigenvalue weighted by molar-refractivity contribution is 6.31. The van der Waals surface area contributed by atoms with E-state index in [9.17, 15) is 4.79 Å². The molecule has 3 nitrogen and oxygen atoms in total. The number of nitrogens with zero attached hydrogens (tertiary/aromatic N) is 2. The van der Waals surface area contributed by atoms with Crippen molar-refractivity contribution in [1.29, 1.82) is 0 Å². The van der Waals surface area contributed by atoms with Gasteiger partial charge in [-0.05, 0) is 30.7 Å². The van der Waals surface area contributed by atoms with Crippen molar-refractivity contribution in [2.24, 2.45) is 0 Å². The Morgan fingerprint density at radius 3 is 2.79 bits per heavy atom. The minimum absolute atomic E-state index is 0.0236. The number of carbonyl (C=O) groups excluding carboxylic acids is 1. The van der Waals surface area contributed by atoms with E-state index in [1.54, 1.807) is 17.2 Å². The number of amides is 1. The molecule has 1 amide bonds. The van der Waals surface area contributed by atoms with Crippen LogP contribution < -0.4 is 0 Å². The van der Waals surface area contributed by atoms with Gasteiger partial charge in [0.15, 0.2) is 0 Å². The molecule has 0 fully saturated rings. The van der Waals surface area contributed by atoms with Crippen molar-refractivity contribution in [1.82, 2.24) is 9.88 Å². The number of hydrogen-bond acceptors (Lipinski definition) is 2. The summed E-state index contributed by atoms with van der Waals surface area (Å²) in [6, 6.07) is 11.2. The molecule has 0 N–H and O–H groups in total. The number of fused-ring (bicyclic) bond motifs is 1. The highest BCUT2D eigenvalue weighted by Gasteiger charge is 2.32. The van der Waals surface area contributed by atoms with Crippen molar-refractivity contribution in [3.63, 3.8) is 0 Å². The predicted molar refractivity (Wildman–Crippen MR) is 74.0 cm³/mol. The van der Waals surface area contributed by atoms with Gasteiger partial charge >= 0.3 is 0 Å². The van der Waals surface area contributed by atoms with Gasteiger partial charge in [-0.15, -0.1) is 0 Å². The first kappa shape index (κ1) is 12.2. The molecule has 2 aromatic rings. The number of pyridine rings is 1. The maximum Gasteiger partial charge on any atom is 0.256 e. The summed E-state index contributed by atoms with van der Waals surface area (Å²) < 4.78 is 0. The first-order chi connectivity index (χ1) is 9.18. The third kappa shape index (κ3) is 2.00. The summed E-state index contributed by atoms with van der Waals surface area (Å²) in [6.07, 6.45) is 1.72. The molecule has 1 aromatic heterocycles. The molecule has 0 aliphatic carbocycles. The molecule has 3 rings (SSSR count). The van der Waals surface area contributed by atoms with Gasteiger partial charge in [-0.3, -0.25) is 9.78 Å². The molecule has 1 aromatic carbocycles. The molecule has 0 spiro atoms. The zero-order valence-electron chi connectivity index (χ0n) is 10.5. The van der Waals surface area contributed by atoms with Crippen molar-refractivity contribution in [3.8, 4) is 0 Å². The molecule has 1 atom stereocenters. The third-order valence-electron chi connectivity index (χ3n) is 3.52. The van der Waals surface area contributed by atoms with Crippen molar-refractivity contribution in [3.05, 3.63) is 64.4 Å². The molecule has 1 aliphatic heterocycles. The van der Waals surface area contributed by atoms with E-state index in [-0.39, 0.29) is 11.9 Å². The van der Waals surface area contributed by atoms with E-state index in [2.05, 4.69) is 4.98 Å². The lowest BCUT2D eigenvalue weighted by Crippen LogP contribution is -2.27. The molecule has 96 valence electrons. The SMILES string of the molecule is CC(c1ccccc1Cl)N1Cc2ncccc2C1=O. The number of hydrogen-bond donors (Lipinski definition) is 0. The molecule has 19 heavy (non-hydrogen) atoms. The van der Waals surface area contributed by atoms with E-state index in [1.165, 1.54) is 0 Å². The molecule has 2 heterocycles. The van der Waals surface area contributed by atoms with Crippen LogP contribution >= 0.6 is 11.6 Å². The molecule has 4 heteroatoms. The fraction of sp³-hybridized carbons (Fsp3) is 0.200. The number of halogens is 1. The number of rotatable bonds is 2. The Labute approximate surface area is 116 Å². The Kier molecular flexibility index (Phi) is 2.99. The average molecular weight is 273 g/mol. The lowest BCUT2D eigenvalue weighted by molar-refractivity contribution is 0.0715. The minimum atomic E-state index is -0.0598. The van der Waals surface area contributed by atoms with Gasteiger partial charge in [-0.1, -0.05) is 29.8 Å². The molecule has 1 aliphatic rings. The maximum absolute atomic E-state index is 12.4. The number of benzene rings is 1. The summed E-state index contributed by atoms with van der Waals surface area (Å²) in [5.74, 6) is 0.0236. The Bertz CT molecular complexity index is 642. The summed E-state index contributed by atoms with van der Waals surface area (Å²) in [5, 5.41) is 0.687. The Morgan fingerprint density at radius 1 is 1.26 bits per heavy atom. The van der Waals surface area contributed by atoms with Crippen LogP contribution in [0.2, 0.25) is 5.02 Å². The summed E-state index contributed by atoms with van der Waals surface area (Å²) in [5.41, 5.74) is 2.50. The van der Waals surface area contributed by atoms with Crippen LogP contribution in [0.1, 0.15) is 34.6 Å². The third-order valence-corrected chi connectivity index (χ3v) is 3.87. The number of aromatic nitrogens is 1. The van der Waals surface area contributed by atoms with Gasteiger partial charge in [0.2, 0.25) is 0 Å². The van der Waals surface area contributed by atoms with Crippen LogP contribution in [0.5, 0.6) is 0 Å². The second-order valence-electron chi connectivity index (χ2n) is 4.63. The van der Waals surface area contributed by atoms with Gasteiger partial charge in [0, 0.05) is 11.2 Å². The van der Waals surface area contributed by atoms with Crippen LogP contribution in [0.4, 0.5) is 0 Å². The fourth-order valence-corrected chi connectivity index (χ4v) is 2.73. The van der Waals surface area contributed by atoms with Crippen molar-refractivity contribution >= 4 is 17.5 Å². The van der Waals surface area contributed by atoms with Crippen LogP contribution in [0.25, 0.3) is 0 Å². The topological polar surface area (TPSA) is 33.2 Å². The average Bonchev–Trinajstić information content (AvgIpc) is 2.77. The van der Waals surface area contributed by atoms with Gasteiger partial charge in [0.05, 0.1) is 23.8 Å². The monoisotopic (exact) mass is 272 g/mol. The Balaban J connectivity index is 1.94. The van der Waals surface area contributed by atoms with Crippen LogP contribution in [0.15, 0.2) is 42.6 Å². The van der Waals surface area contributed by atoms with Gasteiger partial charge < -0.3 is 4.90 Å². The summed E-state index contributed by atoms with van der Waals surface area (Å²) in [4.78, 5) is 18.4. The van der Waals surface area contributed by atoms with Crippen LogP contribution in [-0.2, 0) is 6.54 Å². The van der Waals surface area contributed by atoms with Crippen LogP contribution in [0.3, 0.4) is 0 Å². The lowest BCUT2D eigenvalue weighted by Gasteiger charge is -2.25. The molecule has 0 bridgehead atoms. The molecule has 1 unspecified atom stereocenters. The number of carbonyl (C=O) groups is 1. The highest BCUT2D eigenvalue weighted by Crippen LogP contribution is 2.32. The van der Waals surface area contributed by atoms with Gasteiger partial charge in [-0.25, -0.2) is 0 Å². The van der Waals surface area contributed by atoms with Crippen LogP contribution in [0, 0.1) is 0 Å². The zero-order valence-corrected chi connectivity index (χ0v) is 11.3. The minimum Gasteiger partial charge on any atom is -0.326 e. The normalized spacial score (nSPS) is 15.5. The van der Waals surface area contributed by atoms with Crippen molar-refractivity contribution < 1.29 is 4.79 Å². The highest BCUT2D eigenvalue weighted by atomic mass is 35.5. The molecule has 0 saturated carbocycles. The predicted octanol–water partition coefficient (Wildman–Crippen LogP) is 3.45. The van der Waals surface area contributed by atoms with Crippen molar-refractivity contribution in [2.45, 2.75) is 19.5 Å². The van der Waals surface area contributed by atoms with E-state index in [4.69, 9.17) is 11.6 Å². The Morgan fingerprint density at radius 2 is 2.05 bits per heavy atom. The summed E-state index contributed by atoms with van der Waals surface area (Å²) >= 11 is 6.20. The first-order valence-corrected chi connectivity index (χ1v) is 6.55. The van der Waals surface area contributed by atoms with E-state index in [0.717, 1.165) is 11.3 Å².